The number of para-hydroxylation sites is 1. The number of alkyl halides is 3. The number of nitrogens with one attached hydrogen (secondary N) is 2. The summed E-state index contributed by atoms with van der Waals surface area (Å²) in [6, 6.07) is 4.24. The van der Waals surface area contributed by atoms with Crippen molar-refractivity contribution in [3.8, 4) is 5.75 Å². The van der Waals surface area contributed by atoms with Gasteiger partial charge in [-0.15, -0.1) is 11.3 Å². The predicted molar refractivity (Wildman–Crippen MR) is 95.6 cm³/mol. The van der Waals surface area contributed by atoms with Crippen molar-refractivity contribution in [1.82, 2.24) is 10.6 Å². The Bertz CT molecular complexity index is 906. The van der Waals surface area contributed by atoms with Gasteiger partial charge in [0.2, 0.25) is 5.72 Å². The van der Waals surface area contributed by atoms with E-state index < -0.39 is 35.7 Å². The lowest BCUT2D eigenvalue weighted by Gasteiger charge is -2.45. The molecule has 0 radical (unpaired) electrons. The minimum atomic E-state index is -5.33. The minimum Gasteiger partial charge on any atom is -0.495 e. The average molecular weight is 435 g/mol. The lowest BCUT2D eigenvalue weighted by atomic mass is 9.78. The van der Waals surface area contributed by atoms with Crippen molar-refractivity contribution in [2.75, 3.05) is 7.11 Å². The van der Waals surface area contributed by atoms with Crippen molar-refractivity contribution in [2.24, 2.45) is 5.92 Å². The van der Waals surface area contributed by atoms with Crippen LogP contribution in [0.15, 0.2) is 35.7 Å². The summed E-state index contributed by atoms with van der Waals surface area (Å²) in [5.74, 6) is -3.13. The molecule has 1 aliphatic rings. The summed E-state index contributed by atoms with van der Waals surface area (Å²) < 4.78 is 46.6. The highest BCUT2D eigenvalue weighted by atomic mass is 35.5. The third kappa shape index (κ3) is 3.31. The molecule has 3 rings (SSSR count). The van der Waals surface area contributed by atoms with Gasteiger partial charge >= 0.3 is 12.2 Å². The summed E-state index contributed by atoms with van der Waals surface area (Å²) in [6.45, 7) is 0. The van der Waals surface area contributed by atoms with Crippen LogP contribution >= 0.6 is 22.9 Å². The maximum absolute atomic E-state index is 13.8. The number of halogens is 4. The first-order valence-electron chi connectivity index (χ1n) is 7.88. The van der Waals surface area contributed by atoms with Crippen LogP contribution in [0, 0.1) is 5.92 Å². The van der Waals surface area contributed by atoms with E-state index in [1.54, 1.807) is 0 Å². The molecule has 3 unspecified atom stereocenters. The summed E-state index contributed by atoms with van der Waals surface area (Å²) in [4.78, 5) is 25.0. The monoisotopic (exact) mass is 434 g/mol. The predicted octanol–water partition coefficient (Wildman–Crippen LogP) is 3.51. The van der Waals surface area contributed by atoms with Gasteiger partial charge in [0.15, 0.2) is 5.78 Å². The first-order chi connectivity index (χ1) is 13.1. The smallest absolute Gasteiger partial charge is 0.437 e. The molecule has 0 saturated carbocycles. The van der Waals surface area contributed by atoms with Crippen LogP contribution in [-0.4, -0.2) is 35.9 Å². The van der Waals surface area contributed by atoms with Crippen LogP contribution in [0.2, 0.25) is 5.02 Å². The Morgan fingerprint density at radius 3 is 2.61 bits per heavy atom. The maximum atomic E-state index is 13.8. The summed E-state index contributed by atoms with van der Waals surface area (Å²) in [7, 11) is 1.25. The second-order valence-electron chi connectivity index (χ2n) is 6.02. The molecule has 28 heavy (non-hydrogen) atoms. The van der Waals surface area contributed by atoms with E-state index in [-0.39, 0.29) is 21.2 Å². The SMILES string of the molecule is COc1c(Cl)cccc1C1NC(=O)NC(O)(C(F)(F)F)C1C(=O)c1cccs1. The quantitative estimate of drug-likeness (QED) is 0.643. The fraction of sp³-hybridized carbons (Fsp3) is 0.294. The molecule has 2 aromatic rings. The molecular formula is C17H14ClF3N2O4S. The largest absolute Gasteiger partial charge is 0.495 e. The number of methoxy groups -OCH3 is 1. The molecule has 3 N–H and O–H groups in total. The summed E-state index contributed by atoms with van der Waals surface area (Å²) in [5.41, 5.74) is -3.77. The number of rotatable bonds is 4. The van der Waals surface area contributed by atoms with Crippen LogP contribution in [0.5, 0.6) is 5.75 Å². The Hall–Kier alpha value is -2.30. The van der Waals surface area contributed by atoms with Crippen LogP contribution in [0.3, 0.4) is 0 Å². The van der Waals surface area contributed by atoms with E-state index in [1.165, 1.54) is 48.1 Å². The van der Waals surface area contributed by atoms with E-state index in [9.17, 15) is 27.9 Å². The molecule has 2 amide bonds. The summed E-state index contributed by atoms with van der Waals surface area (Å²) in [5, 5.41) is 15.8. The van der Waals surface area contributed by atoms with Gasteiger partial charge < -0.3 is 20.5 Å². The molecule has 0 aliphatic carbocycles. The molecule has 1 fully saturated rings. The zero-order chi connectivity index (χ0) is 20.7. The van der Waals surface area contributed by atoms with Gasteiger partial charge in [-0.2, -0.15) is 13.2 Å². The number of carbonyl (C=O) groups is 2. The van der Waals surface area contributed by atoms with Gasteiger partial charge in [-0.3, -0.25) is 4.79 Å². The lowest BCUT2D eigenvalue weighted by Crippen LogP contribution is -2.72. The number of thiophene rings is 1. The van der Waals surface area contributed by atoms with E-state index in [0.717, 1.165) is 11.3 Å². The van der Waals surface area contributed by atoms with Crippen LogP contribution in [-0.2, 0) is 0 Å². The van der Waals surface area contributed by atoms with Gasteiger partial charge in [-0.25, -0.2) is 4.79 Å². The molecule has 2 heterocycles. The number of aliphatic hydroxyl groups is 1. The van der Waals surface area contributed by atoms with Gasteiger partial charge in [0, 0.05) is 5.56 Å². The first kappa shape index (κ1) is 20.4. The Morgan fingerprint density at radius 2 is 2.04 bits per heavy atom. The third-order valence-electron chi connectivity index (χ3n) is 4.39. The molecule has 0 bridgehead atoms. The fourth-order valence-electron chi connectivity index (χ4n) is 3.16. The number of carbonyl (C=O) groups excluding carboxylic acids is 2. The molecule has 11 heteroatoms. The van der Waals surface area contributed by atoms with Gasteiger partial charge in [0.25, 0.3) is 0 Å². The first-order valence-corrected chi connectivity index (χ1v) is 9.13. The molecule has 1 aromatic carbocycles. The highest BCUT2D eigenvalue weighted by Gasteiger charge is 2.66. The van der Waals surface area contributed by atoms with E-state index in [4.69, 9.17) is 16.3 Å². The standard InChI is InChI=1S/C17H14ClF3N2O4S/c1-27-14-8(4-2-5-9(14)18)12-11(13(24)10-6-3-7-28-10)16(26,17(19,20)21)23-15(25)22-12/h2-7,11-12,26H,1H3,(H2,22,23,25). The second kappa shape index (κ2) is 7.26. The number of benzene rings is 1. The number of urea groups is 1. The van der Waals surface area contributed by atoms with Crippen LogP contribution < -0.4 is 15.4 Å². The van der Waals surface area contributed by atoms with E-state index >= 15 is 0 Å². The normalized spacial score (nSPS) is 25.0. The number of Topliss-reactive ketones (excluding diaryl/α,β-unsaturated/α-hetero) is 1. The van der Waals surface area contributed by atoms with E-state index in [2.05, 4.69) is 5.32 Å². The summed E-state index contributed by atoms with van der Waals surface area (Å²) >= 11 is 6.97. The Labute approximate surface area is 166 Å². The second-order valence-corrected chi connectivity index (χ2v) is 7.38. The van der Waals surface area contributed by atoms with Gasteiger partial charge in [0.1, 0.15) is 11.7 Å². The zero-order valence-corrected chi connectivity index (χ0v) is 15.8. The molecular weight excluding hydrogens is 421 g/mol. The highest BCUT2D eigenvalue weighted by Crippen LogP contribution is 2.46. The molecule has 0 spiro atoms. The van der Waals surface area contributed by atoms with Crippen molar-refractivity contribution in [1.29, 1.82) is 0 Å². The van der Waals surface area contributed by atoms with Crippen molar-refractivity contribution in [3.63, 3.8) is 0 Å². The van der Waals surface area contributed by atoms with Gasteiger partial charge in [-0.1, -0.05) is 29.8 Å². The fourth-order valence-corrected chi connectivity index (χ4v) is 4.12. The van der Waals surface area contributed by atoms with Crippen molar-refractivity contribution >= 4 is 34.8 Å². The van der Waals surface area contributed by atoms with Crippen molar-refractivity contribution < 1.29 is 32.6 Å². The molecule has 1 aromatic heterocycles. The molecule has 150 valence electrons. The Morgan fingerprint density at radius 1 is 1.32 bits per heavy atom. The van der Waals surface area contributed by atoms with Crippen LogP contribution in [0.4, 0.5) is 18.0 Å². The number of hydrogen-bond acceptors (Lipinski definition) is 5. The minimum absolute atomic E-state index is 0.00313. The Kier molecular flexibility index (Phi) is 5.30. The number of hydrogen-bond donors (Lipinski definition) is 3. The van der Waals surface area contributed by atoms with Crippen LogP contribution in [0.1, 0.15) is 21.3 Å². The molecule has 3 atom stereocenters. The maximum Gasteiger partial charge on any atom is 0.437 e. The van der Waals surface area contributed by atoms with E-state index in [1.807, 2.05) is 0 Å². The topological polar surface area (TPSA) is 87.7 Å². The number of ketones is 1. The van der Waals surface area contributed by atoms with E-state index in [0.29, 0.717) is 0 Å². The summed E-state index contributed by atoms with van der Waals surface area (Å²) in [6.07, 6.45) is -5.33. The molecule has 6 nitrogen and oxygen atoms in total. The van der Waals surface area contributed by atoms with Crippen LogP contribution in [0.25, 0.3) is 0 Å². The number of ether oxygens (including phenoxy) is 1. The Balaban J connectivity index is 2.22. The zero-order valence-electron chi connectivity index (χ0n) is 14.2. The van der Waals surface area contributed by atoms with Gasteiger partial charge in [-0.05, 0) is 17.5 Å². The third-order valence-corrected chi connectivity index (χ3v) is 5.57. The van der Waals surface area contributed by atoms with Crippen molar-refractivity contribution in [3.05, 3.63) is 51.2 Å². The molecule has 1 saturated heterocycles. The van der Waals surface area contributed by atoms with Gasteiger partial charge in [0.05, 0.1) is 23.1 Å². The lowest BCUT2D eigenvalue weighted by molar-refractivity contribution is -0.287. The van der Waals surface area contributed by atoms with Crippen molar-refractivity contribution in [2.45, 2.75) is 17.9 Å². The average Bonchev–Trinajstić information content (AvgIpc) is 3.14. The number of amides is 2. The highest BCUT2D eigenvalue weighted by molar-refractivity contribution is 7.12. The molecule has 1 aliphatic heterocycles.